The summed E-state index contributed by atoms with van der Waals surface area (Å²) >= 11 is 1.43. The highest BCUT2D eigenvalue weighted by molar-refractivity contribution is 7.17. The van der Waals surface area contributed by atoms with Crippen molar-refractivity contribution in [2.75, 3.05) is 5.32 Å². The molecule has 142 valence electrons. The molecule has 0 saturated heterocycles. The fourth-order valence-electron chi connectivity index (χ4n) is 3.26. The number of ether oxygens (including phenoxy) is 1. The molecule has 27 heavy (non-hydrogen) atoms. The van der Waals surface area contributed by atoms with Crippen molar-refractivity contribution >= 4 is 34.0 Å². The van der Waals surface area contributed by atoms with Crippen LogP contribution in [0.5, 0.6) is 0 Å². The van der Waals surface area contributed by atoms with E-state index in [1.807, 2.05) is 19.1 Å². The number of carbonyl (C=O) groups excluding carboxylic acids is 3. The number of carbonyl (C=O) groups is 3. The molecule has 1 atom stereocenters. The number of ketones is 1. The van der Waals surface area contributed by atoms with Crippen molar-refractivity contribution in [3.8, 4) is 0 Å². The molecular formula is C21H23NO4S. The molecule has 1 unspecified atom stereocenters. The lowest BCUT2D eigenvalue weighted by atomic mass is 9.95. The van der Waals surface area contributed by atoms with Gasteiger partial charge in [0.15, 0.2) is 6.10 Å². The molecule has 0 fully saturated rings. The van der Waals surface area contributed by atoms with E-state index in [4.69, 9.17) is 4.74 Å². The summed E-state index contributed by atoms with van der Waals surface area (Å²) in [5.41, 5.74) is 2.93. The van der Waals surface area contributed by atoms with E-state index in [0.717, 1.165) is 41.7 Å². The molecule has 1 aliphatic rings. The third-order valence-electron chi connectivity index (χ3n) is 4.65. The highest BCUT2D eigenvalue weighted by Crippen LogP contribution is 2.38. The van der Waals surface area contributed by atoms with E-state index in [1.54, 1.807) is 19.1 Å². The van der Waals surface area contributed by atoms with E-state index in [9.17, 15) is 14.4 Å². The number of amides is 1. The van der Waals surface area contributed by atoms with Crippen LogP contribution >= 0.6 is 11.3 Å². The Labute approximate surface area is 162 Å². The van der Waals surface area contributed by atoms with Crippen molar-refractivity contribution in [1.82, 2.24) is 0 Å². The average Bonchev–Trinajstić information content (AvgIpc) is 2.98. The van der Waals surface area contributed by atoms with Gasteiger partial charge in [0.05, 0.1) is 5.56 Å². The van der Waals surface area contributed by atoms with Crippen LogP contribution in [0.15, 0.2) is 24.3 Å². The number of benzene rings is 1. The minimum absolute atomic E-state index is 0.230. The predicted octanol–water partition coefficient (Wildman–Crippen LogP) is 4.32. The zero-order valence-corrected chi connectivity index (χ0v) is 16.6. The normalized spacial score (nSPS) is 14.2. The minimum Gasteiger partial charge on any atom is -0.451 e. The molecule has 0 radical (unpaired) electrons. The number of Topliss-reactive ketones (excluding diaryl/α,β-unsaturated/α-hetero) is 1. The van der Waals surface area contributed by atoms with Gasteiger partial charge in [-0.15, -0.1) is 11.3 Å². The quantitative estimate of drug-likeness (QED) is 0.614. The largest absolute Gasteiger partial charge is 0.451 e. The Kier molecular flexibility index (Phi) is 5.75. The summed E-state index contributed by atoms with van der Waals surface area (Å²) < 4.78 is 5.50. The first-order chi connectivity index (χ1) is 12.9. The zero-order chi connectivity index (χ0) is 19.6. The number of thiophene rings is 1. The maximum Gasteiger partial charge on any atom is 0.342 e. The Hall–Kier alpha value is -2.47. The summed E-state index contributed by atoms with van der Waals surface area (Å²) in [4.78, 5) is 38.1. The molecule has 1 N–H and O–H groups in total. The molecule has 1 aliphatic carbocycles. The van der Waals surface area contributed by atoms with Crippen molar-refractivity contribution in [3.05, 3.63) is 51.4 Å². The van der Waals surface area contributed by atoms with Gasteiger partial charge in [0.25, 0.3) is 0 Å². The van der Waals surface area contributed by atoms with E-state index >= 15 is 0 Å². The molecule has 2 aromatic rings. The Balaban J connectivity index is 1.82. The number of nitrogens with one attached hydrogen (secondary N) is 1. The fourth-order valence-corrected chi connectivity index (χ4v) is 4.58. The Morgan fingerprint density at radius 1 is 1.11 bits per heavy atom. The lowest BCUT2D eigenvalue weighted by molar-refractivity contribution is -0.114. The standard InChI is InChI=1S/C21H23NO4S/c1-12-8-10-15(11-9-12)19(24)13(2)26-21(25)18-16-6-4-5-7-17(16)27-20(18)22-14(3)23/h8-11,13H,4-7H2,1-3H3,(H,22,23). The van der Waals surface area contributed by atoms with Gasteiger partial charge < -0.3 is 10.1 Å². The fraction of sp³-hybridized carbons (Fsp3) is 0.381. The Morgan fingerprint density at radius 2 is 1.78 bits per heavy atom. The number of anilines is 1. The van der Waals surface area contributed by atoms with Gasteiger partial charge >= 0.3 is 5.97 Å². The van der Waals surface area contributed by atoms with E-state index in [0.29, 0.717) is 16.1 Å². The molecule has 1 amide bonds. The summed E-state index contributed by atoms with van der Waals surface area (Å²) in [5, 5.41) is 3.27. The van der Waals surface area contributed by atoms with Crippen LogP contribution in [-0.2, 0) is 22.4 Å². The third-order valence-corrected chi connectivity index (χ3v) is 5.86. The van der Waals surface area contributed by atoms with E-state index in [2.05, 4.69) is 5.32 Å². The molecule has 0 aliphatic heterocycles. The summed E-state index contributed by atoms with van der Waals surface area (Å²) in [6.07, 6.45) is 2.86. The number of aryl methyl sites for hydroxylation is 2. The molecular weight excluding hydrogens is 362 g/mol. The highest BCUT2D eigenvalue weighted by Gasteiger charge is 2.29. The molecule has 1 heterocycles. The van der Waals surface area contributed by atoms with Crippen molar-refractivity contribution in [2.24, 2.45) is 0 Å². The van der Waals surface area contributed by atoms with Crippen molar-refractivity contribution in [1.29, 1.82) is 0 Å². The first-order valence-corrected chi connectivity index (χ1v) is 9.92. The van der Waals surface area contributed by atoms with Crippen molar-refractivity contribution in [2.45, 2.75) is 52.6 Å². The first kappa shape index (κ1) is 19.3. The van der Waals surface area contributed by atoms with Crippen LogP contribution in [0.4, 0.5) is 5.00 Å². The number of rotatable bonds is 5. The van der Waals surface area contributed by atoms with Gasteiger partial charge in [-0.05, 0) is 45.1 Å². The van der Waals surface area contributed by atoms with Gasteiger partial charge in [-0.25, -0.2) is 4.79 Å². The minimum atomic E-state index is -0.899. The number of fused-ring (bicyclic) bond motifs is 1. The maximum absolute atomic E-state index is 12.9. The van der Waals surface area contributed by atoms with Crippen LogP contribution in [0.25, 0.3) is 0 Å². The van der Waals surface area contributed by atoms with Crippen LogP contribution < -0.4 is 5.32 Å². The van der Waals surface area contributed by atoms with Gasteiger partial charge in [-0.2, -0.15) is 0 Å². The maximum atomic E-state index is 12.9. The smallest absolute Gasteiger partial charge is 0.342 e. The molecule has 0 bridgehead atoms. The Bertz CT molecular complexity index is 882. The van der Waals surface area contributed by atoms with Crippen LogP contribution in [0.1, 0.15) is 63.4 Å². The summed E-state index contributed by atoms with van der Waals surface area (Å²) in [6.45, 7) is 4.94. The summed E-state index contributed by atoms with van der Waals surface area (Å²) in [7, 11) is 0. The molecule has 1 aromatic heterocycles. The lowest BCUT2D eigenvalue weighted by Crippen LogP contribution is -2.25. The molecule has 5 nitrogen and oxygen atoms in total. The lowest BCUT2D eigenvalue weighted by Gasteiger charge is -2.15. The van der Waals surface area contributed by atoms with Gasteiger partial charge in [-0.3, -0.25) is 9.59 Å². The van der Waals surface area contributed by atoms with Crippen LogP contribution in [-0.4, -0.2) is 23.8 Å². The van der Waals surface area contributed by atoms with E-state index in [-0.39, 0.29) is 11.7 Å². The SMILES string of the molecule is CC(=O)Nc1sc2c(c1C(=O)OC(C)C(=O)c1ccc(C)cc1)CCCC2. The second-order valence-corrected chi connectivity index (χ2v) is 7.98. The van der Waals surface area contributed by atoms with Gasteiger partial charge in [-0.1, -0.05) is 29.8 Å². The molecule has 6 heteroatoms. The monoisotopic (exact) mass is 385 g/mol. The van der Waals surface area contributed by atoms with Crippen LogP contribution in [0, 0.1) is 6.92 Å². The molecule has 3 rings (SSSR count). The second kappa shape index (κ2) is 8.05. The third kappa shape index (κ3) is 4.27. The predicted molar refractivity (Wildman–Crippen MR) is 106 cm³/mol. The number of hydrogen-bond donors (Lipinski definition) is 1. The van der Waals surface area contributed by atoms with Gasteiger partial charge in [0.1, 0.15) is 5.00 Å². The summed E-state index contributed by atoms with van der Waals surface area (Å²) in [5.74, 6) is -1.02. The number of esters is 1. The molecule has 1 aromatic carbocycles. The van der Waals surface area contributed by atoms with Gasteiger partial charge in [0.2, 0.25) is 11.7 Å². The number of hydrogen-bond acceptors (Lipinski definition) is 5. The van der Waals surface area contributed by atoms with Crippen LogP contribution in [0.2, 0.25) is 0 Å². The van der Waals surface area contributed by atoms with E-state index < -0.39 is 12.1 Å². The molecule has 0 spiro atoms. The van der Waals surface area contributed by atoms with E-state index in [1.165, 1.54) is 18.3 Å². The van der Waals surface area contributed by atoms with Gasteiger partial charge in [0, 0.05) is 17.4 Å². The summed E-state index contributed by atoms with van der Waals surface area (Å²) in [6, 6.07) is 7.17. The topological polar surface area (TPSA) is 72.5 Å². The average molecular weight is 385 g/mol. The first-order valence-electron chi connectivity index (χ1n) is 9.10. The van der Waals surface area contributed by atoms with Crippen molar-refractivity contribution < 1.29 is 19.1 Å². The van der Waals surface area contributed by atoms with Crippen LogP contribution in [0.3, 0.4) is 0 Å². The highest BCUT2D eigenvalue weighted by atomic mass is 32.1. The van der Waals surface area contributed by atoms with Crippen molar-refractivity contribution in [3.63, 3.8) is 0 Å². The Morgan fingerprint density at radius 3 is 2.44 bits per heavy atom. The zero-order valence-electron chi connectivity index (χ0n) is 15.8. The second-order valence-electron chi connectivity index (χ2n) is 6.87. The molecule has 0 saturated carbocycles.